The van der Waals surface area contributed by atoms with Crippen LogP contribution in [0, 0.1) is 0 Å². The second kappa shape index (κ2) is 15.1. The summed E-state index contributed by atoms with van der Waals surface area (Å²) in [7, 11) is 1.87. The van der Waals surface area contributed by atoms with Gasteiger partial charge in [0.25, 0.3) is 11.8 Å². The Labute approximate surface area is 290 Å². The Kier molecular flexibility index (Phi) is 10.3. The minimum absolute atomic E-state index is 0.0667. The van der Waals surface area contributed by atoms with E-state index in [1.54, 1.807) is 11.5 Å². The Morgan fingerprint density at radius 3 is 2.49 bits per heavy atom. The fraction of sp³-hybridized carbons (Fsp3) is 0.171. The molecule has 1 saturated heterocycles. The number of hydrogen-bond donors (Lipinski definition) is 2. The molecule has 2 aromatic heterocycles. The number of aryl methyl sites for hydroxylation is 1. The lowest BCUT2D eigenvalue weighted by Gasteiger charge is -2.49. The quantitative estimate of drug-likeness (QED) is 0.0540. The highest BCUT2D eigenvalue weighted by Crippen LogP contribution is 2.42. The molecule has 2 aromatic carbocycles. The summed E-state index contributed by atoms with van der Waals surface area (Å²) in [5.41, 5.74) is 2.95. The Hall–Kier alpha value is -5.60. The molecular formula is C35H31N6O6S2+. The maximum Gasteiger partial charge on any atom is 0.356 e. The lowest BCUT2D eigenvalue weighted by Crippen LogP contribution is -2.71. The molecule has 0 saturated carbocycles. The van der Waals surface area contributed by atoms with Crippen LogP contribution in [-0.4, -0.2) is 57.0 Å². The van der Waals surface area contributed by atoms with Crippen LogP contribution in [0.1, 0.15) is 28.5 Å². The average Bonchev–Trinajstić information content (AvgIpc) is 3.59. The van der Waals surface area contributed by atoms with Gasteiger partial charge in [-0.25, -0.2) is 14.3 Å². The van der Waals surface area contributed by atoms with Crippen LogP contribution < -0.4 is 15.2 Å². The summed E-state index contributed by atoms with van der Waals surface area (Å²) < 4.78 is 7.96. The largest absolute Gasteiger partial charge is 0.448 e. The molecule has 2 atom stereocenters. The minimum atomic E-state index is -0.977. The second-order valence-corrected chi connectivity index (χ2v) is 12.9. The predicted octanol–water partition coefficient (Wildman–Crippen LogP) is 3.63. The van der Waals surface area contributed by atoms with Crippen molar-refractivity contribution in [3.05, 3.63) is 137 Å². The average molecular weight is 696 g/mol. The van der Waals surface area contributed by atoms with E-state index in [0.717, 1.165) is 28.0 Å². The van der Waals surface area contributed by atoms with Gasteiger partial charge in [-0.05, 0) is 22.8 Å². The van der Waals surface area contributed by atoms with Crippen molar-refractivity contribution in [1.29, 1.82) is 0 Å². The van der Waals surface area contributed by atoms with E-state index in [1.807, 2.05) is 96.8 Å². The van der Waals surface area contributed by atoms with E-state index >= 15 is 0 Å². The molecule has 248 valence electrons. The first-order valence-corrected chi connectivity index (χ1v) is 17.0. The number of nitrogens with zero attached hydrogens (tertiary/aromatic N) is 4. The molecule has 0 radical (unpaired) electrons. The third-order valence-electron chi connectivity index (χ3n) is 7.69. The van der Waals surface area contributed by atoms with E-state index in [-0.39, 0.29) is 28.8 Å². The van der Waals surface area contributed by atoms with Crippen LogP contribution in [0.3, 0.4) is 0 Å². The number of nitrogens with one attached hydrogen (secondary N) is 2. The zero-order valence-electron chi connectivity index (χ0n) is 26.2. The van der Waals surface area contributed by atoms with Crippen LogP contribution in [0.4, 0.5) is 5.13 Å². The molecule has 2 aliphatic heterocycles. The third-order valence-corrected chi connectivity index (χ3v) is 9.76. The number of amides is 3. The van der Waals surface area contributed by atoms with E-state index in [9.17, 15) is 19.2 Å². The number of carbonyl (C=O) groups excluding carboxylic acids is 4. The highest BCUT2D eigenvalue weighted by atomic mass is 32.2. The highest BCUT2D eigenvalue weighted by molar-refractivity contribution is 8.00. The highest BCUT2D eigenvalue weighted by Gasteiger charge is 2.54. The summed E-state index contributed by atoms with van der Waals surface area (Å²) in [5.74, 6) is -1.53. The van der Waals surface area contributed by atoms with Crippen LogP contribution in [0.5, 0.6) is 0 Å². The number of allylic oxidation sites excluding steroid dienone is 1. The number of β-lactam (4-membered cyclic amide) rings is 1. The first kappa shape index (κ1) is 33.3. The van der Waals surface area contributed by atoms with Gasteiger partial charge in [0.2, 0.25) is 6.41 Å². The van der Waals surface area contributed by atoms with Gasteiger partial charge in [-0.15, -0.1) is 23.1 Å². The molecule has 49 heavy (non-hydrogen) atoms. The van der Waals surface area contributed by atoms with E-state index in [0.29, 0.717) is 17.7 Å². The molecule has 6 rings (SSSR count). The van der Waals surface area contributed by atoms with Gasteiger partial charge in [0, 0.05) is 17.2 Å². The van der Waals surface area contributed by atoms with Crippen LogP contribution in [0.2, 0.25) is 0 Å². The second-order valence-electron chi connectivity index (χ2n) is 10.9. The number of carbonyl (C=O) groups is 4. The monoisotopic (exact) mass is 695 g/mol. The number of ether oxygens (including phenoxy) is 1. The predicted molar refractivity (Wildman–Crippen MR) is 184 cm³/mol. The minimum Gasteiger partial charge on any atom is -0.448 e. The molecular weight excluding hydrogens is 665 g/mol. The third kappa shape index (κ3) is 7.29. The topological polar surface area (TPSA) is 143 Å². The molecule has 0 spiro atoms. The molecule has 2 aliphatic rings. The number of oxime groups is 1. The van der Waals surface area contributed by atoms with Crippen molar-refractivity contribution in [1.82, 2.24) is 15.2 Å². The number of benzene rings is 2. The van der Waals surface area contributed by atoms with E-state index in [2.05, 4.69) is 27.4 Å². The number of hydrogen-bond acceptors (Lipinski definition) is 10. The number of thiazole rings is 1. The lowest BCUT2D eigenvalue weighted by molar-refractivity contribution is -0.672. The van der Waals surface area contributed by atoms with Gasteiger partial charge < -0.3 is 20.2 Å². The molecule has 0 aliphatic carbocycles. The van der Waals surface area contributed by atoms with Crippen molar-refractivity contribution in [2.45, 2.75) is 24.1 Å². The molecule has 1 unspecified atom stereocenters. The molecule has 0 bridgehead atoms. The Morgan fingerprint density at radius 2 is 1.84 bits per heavy atom. The van der Waals surface area contributed by atoms with Crippen molar-refractivity contribution >= 4 is 58.1 Å². The fourth-order valence-electron chi connectivity index (χ4n) is 5.36. The molecule has 4 aromatic rings. The molecule has 4 heterocycles. The van der Waals surface area contributed by atoms with Crippen LogP contribution in [0.15, 0.2) is 120 Å². The summed E-state index contributed by atoms with van der Waals surface area (Å²) >= 11 is 2.48. The first-order chi connectivity index (χ1) is 23.9. The van der Waals surface area contributed by atoms with Crippen molar-refractivity contribution in [2.24, 2.45) is 12.2 Å². The Bertz CT molecular complexity index is 1910. The Balaban J connectivity index is 1.21. The number of fused-ring (bicyclic) bond motifs is 1. The fourth-order valence-corrected chi connectivity index (χ4v) is 7.35. The number of esters is 1. The van der Waals surface area contributed by atoms with Gasteiger partial charge >= 0.3 is 5.97 Å². The van der Waals surface area contributed by atoms with Gasteiger partial charge in [-0.3, -0.25) is 19.3 Å². The summed E-state index contributed by atoms with van der Waals surface area (Å²) in [6.45, 7) is 3.93. The first-order valence-electron chi connectivity index (χ1n) is 15.1. The number of thioether (sulfide) groups is 1. The zero-order chi connectivity index (χ0) is 34.3. The van der Waals surface area contributed by atoms with Gasteiger partial charge in [0.1, 0.15) is 36.5 Å². The summed E-state index contributed by atoms with van der Waals surface area (Å²) in [6.07, 6.45) is 5.02. The molecule has 2 N–H and O–H groups in total. The SMILES string of the molecule is C=CC1=C(C(=O)OC(c2ccccc2)c2ccccc2)N2C(=O)C(NC(=O)C(=NOCc3ccc[n+](C)c3)c3csc(NC=O)n3)[C@H]2SC1. The molecule has 1 fully saturated rings. The van der Waals surface area contributed by atoms with Crippen molar-refractivity contribution in [3.63, 3.8) is 0 Å². The van der Waals surface area contributed by atoms with Gasteiger partial charge in [-0.1, -0.05) is 78.5 Å². The maximum absolute atomic E-state index is 13.9. The smallest absolute Gasteiger partial charge is 0.356 e. The van der Waals surface area contributed by atoms with Gasteiger partial charge in [0.15, 0.2) is 29.3 Å². The van der Waals surface area contributed by atoms with Crippen molar-refractivity contribution in [3.8, 4) is 0 Å². The van der Waals surface area contributed by atoms with Crippen LogP contribution in [0.25, 0.3) is 0 Å². The van der Waals surface area contributed by atoms with Crippen molar-refractivity contribution in [2.75, 3.05) is 11.1 Å². The standard InChI is InChI=1S/C35H30N6O6S2/c1-3-23-19-48-33-28(32(44)41(33)29(23)34(45)47-30(24-12-6-4-7-13-24)25-14-8-5-9-15-25)38-31(43)27(26-20-49-35(37-26)36-21-42)39-46-18-22-11-10-16-40(2)17-22/h3-17,20-21,28,30,33H,1,18-19H2,2H3,(H-,36,37,38,42,43)/p+1/t28?,33-/m1/s1. The van der Waals surface area contributed by atoms with Gasteiger partial charge in [0.05, 0.1) is 5.56 Å². The number of anilines is 1. The van der Waals surface area contributed by atoms with E-state index in [1.165, 1.54) is 16.7 Å². The van der Waals surface area contributed by atoms with Crippen molar-refractivity contribution < 1.29 is 33.3 Å². The Morgan fingerprint density at radius 1 is 1.12 bits per heavy atom. The van der Waals surface area contributed by atoms with E-state index in [4.69, 9.17) is 9.57 Å². The zero-order valence-corrected chi connectivity index (χ0v) is 27.9. The lowest BCUT2D eigenvalue weighted by atomic mass is 10.0. The van der Waals surface area contributed by atoms with E-state index < -0.39 is 35.3 Å². The number of rotatable bonds is 13. The normalized spacial score (nSPS) is 17.1. The summed E-state index contributed by atoms with van der Waals surface area (Å²) in [4.78, 5) is 63.4. The summed E-state index contributed by atoms with van der Waals surface area (Å²) in [5, 5.41) is 10.5. The molecule has 14 heteroatoms. The number of aromatic nitrogens is 2. The van der Waals surface area contributed by atoms with Crippen LogP contribution >= 0.6 is 23.1 Å². The van der Waals surface area contributed by atoms with Gasteiger partial charge in [-0.2, -0.15) is 0 Å². The molecule has 12 nitrogen and oxygen atoms in total. The summed E-state index contributed by atoms with van der Waals surface area (Å²) in [6, 6.07) is 21.4. The maximum atomic E-state index is 13.9. The number of pyridine rings is 1. The van der Waals surface area contributed by atoms with Crippen LogP contribution in [-0.2, 0) is 42.4 Å². The molecule has 3 amide bonds.